The molecule has 0 spiro atoms. The maximum absolute atomic E-state index is 14.3. The molecule has 9 atom stereocenters. The van der Waals surface area contributed by atoms with Crippen molar-refractivity contribution in [3.05, 3.63) is 102 Å². The second-order valence-corrected chi connectivity index (χ2v) is 22.5. The molecule has 482 valence electrons. The summed E-state index contributed by atoms with van der Waals surface area (Å²) in [6.07, 6.45) is -2.73. The molecule has 89 heavy (non-hydrogen) atoms. The lowest BCUT2D eigenvalue weighted by Crippen LogP contribution is -2.53. The number of aliphatic imine (C=N–C) groups is 1. The molecular weight excluding hydrogens is 1150 g/mol. The number of phenolic OH excluding ortho intramolecular Hbond substituents is 1. The Bertz CT molecular complexity index is 3150. The van der Waals surface area contributed by atoms with Crippen LogP contribution in [0.25, 0.3) is 10.9 Å². The maximum Gasteiger partial charge on any atom is 0.315 e. The van der Waals surface area contributed by atoms with E-state index >= 15 is 0 Å². The van der Waals surface area contributed by atoms with E-state index < -0.39 is 157 Å². The van der Waals surface area contributed by atoms with Gasteiger partial charge in [-0.05, 0) is 86.3 Å². The van der Waals surface area contributed by atoms with Crippen LogP contribution in [0.1, 0.15) is 102 Å². The van der Waals surface area contributed by atoms with Crippen molar-refractivity contribution in [1.29, 1.82) is 0 Å². The minimum atomic E-state index is -1.74. The minimum absolute atomic E-state index is 0.0458. The highest BCUT2D eigenvalue weighted by Gasteiger charge is 2.37. The number of carbonyl (C=O) groups is 12. The number of aromatic amines is 1. The molecule has 4 rings (SSSR count). The number of nitrogens with two attached hydrogens (primary N) is 4. The van der Waals surface area contributed by atoms with Gasteiger partial charge in [0.2, 0.25) is 41.4 Å². The summed E-state index contributed by atoms with van der Waals surface area (Å²) in [6.45, 7) is 5.56. The molecule has 0 aliphatic carbocycles. The third kappa shape index (κ3) is 25.0. The van der Waals surface area contributed by atoms with Gasteiger partial charge in [-0.25, -0.2) is 4.79 Å². The van der Waals surface area contributed by atoms with E-state index in [1.165, 1.54) is 45.2 Å². The van der Waals surface area contributed by atoms with Gasteiger partial charge < -0.3 is 75.3 Å². The minimum Gasteiger partial charge on any atom is -0.508 e. The zero-order chi connectivity index (χ0) is 65.9. The third-order valence-electron chi connectivity index (χ3n) is 14.8. The van der Waals surface area contributed by atoms with Crippen LogP contribution in [-0.2, 0) is 72.0 Å². The molecule has 4 aromatic rings. The molecule has 1 heterocycles. The summed E-state index contributed by atoms with van der Waals surface area (Å²) >= 11 is 0. The predicted octanol–water partition coefficient (Wildman–Crippen LogP) is 0.191. The van der Waals surface area contributed by atoms with Gasteiger partial charge in [0.15, 0.2) is 29.1 Å². The van der Waals surface area contributed by atoms with E-state index in [0.717, 1.165) is 16.5 Å². The zero-order valence-corrected chi connectivity index (χ0v) is 50.8. The highest BCUT2D eigenvalue weighted by atomic mass is 16.3. The van der Waals surface area contributed by atoms with Gasteiger partial charge in [-0.15, -0.1) is 0 Å². The number of hydrogen-bond donors (Lipinski definition) is 14. The number of H-pyrrole nitrogens is 1. The quantitative estimate of drug-likeness (QED) is 0.0161. The molecule has 0 unspecified atom stereocenters. The van der Waals surface area contributed by atoms with Gasteiger partial charge in [-0.1, -0.05) is 74.5 Å². The Morgan fingerprint density at radius 2 is 1.13 bits per heavy atom. The predicted molar refractivity (Wildman–Crippen MR) is 329 cm³/mol. The highest BCUT2D eigenvalue weighted by molar-refractivity contribution is 5.99. The molecule has 0 radical (unpaired) electrons. The van der Waals surface area contributed by atoms with E-state index in [1.807, 2.05) is 38.1 Å². The largest absolute Gasteiger partial charge is 0.508 e. The van der Waals surface area contributed by atoms with Crippen molar-refractivity contribution >= 4 is 87.4 Å². The molecule has 0 fully saturated rings. The molecule has 27 heteroatoms. The lowest BCUT2D eigenvalue weighted by molar-refractivity contribution is -0.137. The number of nitrogens with one attached hydrogen (secondary N) is 8. The summed E-state index contributed by atoms with van der Waals surface area (Å²) in [7, 11) is 1.49. The third-order valence-corrected chi connectivity index (χ3v) is 14.8. The number of aliphatic hydroxyl groups excluding tert-OH is 1. The van der Waals surface area contributed by atoms with Crippen LogP contribution in [0.15, 0.2) is 90.1 Å². The van der Waals surface area contributed by atoms with Crippen molar-refractivity contribution in [3.8, 4) is 5.75 Å². The van der Waals surface area contributed by atoms with Crippen LogP contribution >= 0.6 is 0 Å². The Balaban J connectivity index is 1.50. The first-order chi connectivity index (χ1) is 42.1. The number of guanidine groups is 1. The van der Waals surface area contributed by atoms with E-state index in [2.05, 4.69) is 47.2 Å². The van der Waals surface area contributed by atoms with Crippen LogP contribution in [0.5, 0.6) is 5.75 Å². The number of ketones is 4. The number of carbonyl (C=O) groups excluding carboxylic acids is 12. The molecule has 0 saturated heterocycles. The number of urea groups is 1. The summed E-state index contributed by atoms with van der Waals surface area (Å²) in [5.74, 6) is -12.9. The summed E-state index contributed by atoms with van der Waals surface area (Å²) in [6, 6.07) is 14.0. The number of aromatic hydroxyl groups is 1. The summed E-state index contributed by atoms with van der Waals surface area (Å²) in [5.41, 5.74) is 25.2. The number of primary amides is 3. The fourth-order valence-electron chi connectivity index (χ4n) is 9.97. The van der Waals surface area contributed by atoms with Crippen molar-refractivity contribution in [2.45, 2.75) is 141 Å². The average molecular weight is 1240 g/mol. The molecule has 0 saturated carbocycles. The van der Waals surface area contributed by atoms with Crippen molar-refractivity contribution < 1.29 is 67.7 Å². The van der Waals surface area contributed by atoms with Crippen LogP contribution in [0.3, 0.4) is 0 Å². The molecule has 3 aromatic carbocycles. The SMILES string of the molecule is CN=C(N)NCCC[C@H](CC(=O)[C@H](CC(C)C)NC(=O)NCC(=O)[C@H](Cc1ccccc1)NC(=O)[C@@H](CC(=O)[C@H](CC(N)=O)NC(=O)[C@@H](CCC(N)=O)CC(=O)[C@@H](Cc1ccc(O)cc1)NC(C)=O)[C@@H](C)O)C(=O)N[C@@H](Cc1c[nH]c2ccccc12)C(N)=O. The van der Waals surface area contributed by atoms with E-state index in [0.29, 0.717) is 17.5 Å². The first-order valence-electron chi connectivity index (χ1n) is 29.3. The Kier molecular flexibility index (Phi) is 29.1. The van der Waals surface area contributed by atoms with Crippen molar-refractivity contribution in [2.75, 3.05) is 20.1 Å². The van der Waals surface area contributed by atoms with Gasteiger partial charge in [-0.3, -0.25) is 57.7 Å². The number of Topliss-reactive ketones (excluding diaryl/α,β-unsaturated/α-hetero) is 4. The number of rotatable bonds is 39. The highest BCUT2D eigenvalue weighted by Crippen LogP contribution is 2.23. The van der Waals surface area contributed by atoms with Gasteiger partial charge in [0.1, 0.15) is 11.8 Å². The molecular formula is C62H85N13O14. The molecule has 1 aromatic heterocycles. The fraction of sp³-hybridized carbons (Fsp3) is 0.468. The van der Waals surface area contributed by atoms with E-state index in [1.54, 1.807) is 36.5 Å². The molecule has 0 aliphatic heterocycles. The number of fused-ring (bicyclic) bond motifs is 1. The molecule has 18 N–H and O–H groups in total. The van der Waals surface area contributed by atoms with Crippen molar-refractivity contribution in [3.63, 3.8) is 0 Å². The van der Waals surface area contributed by atoms with Crippen LogP contribution in [0, 0.1) is 23.7 Å². The van der Waals surface area contributed by atoms with Crippen LogP contribution in [-0.4, -0.2) is 148 Å². The van der Waals surface area contributed by atoms with Gasteiger partial charge >= 0.3 is 6.03 Å². The van der Waals surface area contributed by atoms with Crippen LogP contribution in [0.2, 0.25) is 0 Å². The summed E-state index contributed by atoms with van der Waals surface area (Å²) in [5, 5.41) is 39.8. The zero-order valence-electron chi connectivity index (χ0n) is 50.8. The average Bonchev–Trinajstić information content (AvgIpc) is 2.47. The van der Waals surface area contributed by atoms with Gasteiger partial charge in [0.25, 0.3) is 0 Å². The fourth-order valence-corrected chi connectivity index (χ4v) is 9.97. The summed E-state index contributed by atoms with van der Waals surface area (Å²) < 4.78 is 0. The summed E-state index contributed by atoms with van der Waals surface area (Å²) in [4.78, 5) is 169. The van der Waals surface area contributed by atoms with Crippen LogP contribution < -0.4 is 60.2 Å². The number of para-hydroxylation sites is 1. The topological polar surface area (TPSA) is 462 Å². The second kappa shape index (κ2) is 35.9. The van der Waals surface area contributed by atoms with Gasteiger partial charge in [0.05, 0.1) is 49.2 Å². The molecule has 0 aliphatic rings. The lowest BCUT2D eigenvalue weighted by Gasteiger charge is -2.26. The molecule has 9 amide bonds. The van der Waals surface area contributed by atoms with Crippen molar-refractivity contribution in [2.24, 2.45) is 51.6 Å². The van der Waals surface area contributed by atoms with Crippen molar-refractivity contribution in [1.82, 2.24) is 42.2 Å². The van der Waals surface area contributed by atoms with E-state index in [9.17, 15) is 67.7 Å². The normalized spacial score (nSPS) is 14.4. The lowest BCUT2D eigenvalue weighted by atomic mass is 9.89. The first-order valence-corrected chi connectivity index (χ1v) is 29.3. The second-order valence-electron chi connectivity index (χ2n) is 22.5. The number of aliphatic hydroxyl groups is 1. The van der Waals surface area contributed by atoms with Gasteiger partial charge in [0, 0.05) is 81.6 Å². The standard InChI is InChI=1S/C62H85N13O14/c1-34(2)24-46(51(79)28-39(14-11-23-68-61(66)67-5)58(86)74-50(57(65)85)27-41-32-69-45-16-10-9-15-43(41)45)75-62(89)70-33-54(82)48(25-37-12-7-6-8-13-37)73-60(88)44(35(3)76)30-53(81)49(31-56(64)84)72-59(87)40(19-22-55(63)83)29-52(80)47(71-36(4)77)26-38-17-20-42(78)21-18-38/h6-10,12-13,15-18,20-21,32,34-35,39-40,44,46-50,69,76,78H,11,14,19,22-31,33H2,1-5H3,(H2,63,83)(H2,64,84)(H2,65,85)(H,71,77)(H,72,87)(H,73,88)(H,74,86)(H3,66,67,68)(H2,70,75,89)/t35-,39-,40+,44+,46+,47-,48+,49+,50+/m1/s1. The van der Waals surface area contributed by atoms with Crippen LogP contribution in [0.4, 0.5) is 4.79 Å². The molecule has 0 bridgehead atoms. The Morgan fingerprint density at radius 3 is 1.72 bits per heavy atom. The van der Waals surface area contributed by atoms with E-state index in [4.69, 9.17) is 22.9 Å². The maximum atomic E-state index is 14.3. The first kappa shape index (κ1) is 71.9. The molecule has 27 nitrogen and oxygen atoms in total. The smallest absolute Gasteiger partial charge is 0.315 e. The Morgan fingerprint density at radius 1 is 0.573 bits per heavy atom. The number of nitrogens with zero attached hydrogens (tertiary/aromatic N) is 1. The number of hydrogen-bond acceptors (Lipinski definition) is 15. The monoisotopic (exact) mass is 1240 g/mol. The van der Waals surface area contributed by atoms with E-state index in [-0.39, 0.29) is 69.1 Å². The van der Waals surface area contributed by atoms with Gasteiger partial charge in [-0.2, -0.15) is 0 Å². The number of aromatic nitrogens is 1. The number of amides is 9. The Labute approximate surface area is 515 Å². The number of benzene rings is 3. The number of phenols is 1. The Hall–Kier alpha value is -9.53.